The Morgan fingerprint density at radius 3 is 2.95 bits per heavy atom. The highest BCUT2D eigenvalue weighted by Crippen LogP contribution is 2.40. The van der Waals surface area contributed by atoms with Gasteiger partial charge in [-0.1, -0.05) is 13.8 Å². The van der Waals surface area contributed by atoms with Crippen molar-refractivity contribution >= 4 is 21.7 Å². The van der Waals surface area contributed by atoms with E-state index in [0.717, 1.165) is 29.5 Å². The van der Waals surface area contributed by atoms with Crippen LogP contribution in [0.3, 0.4) is 0 Å². The third kappa shape index (κ3) is 3.01. The molecule has 1 N–H and O–H groups in total. The van der Waals surface area contributed by atoms with Crippen molar-refractivity contribution < 1.29 is 0 Å². The third-order valence-corrected chi connectivity index (χ3v) is 4.89. The first-order chi connectivity index (χ1) is 9.63. The van der Waals surface area contributed by atoms with Gasteiger partial charge in [0.1, 0.15) is 5.82 Å². The molecule has 20 heavy (non-hydrogen) atoms. The van der Waals surface area contributed by atoms with E-state index in [1.165, 1.54) is 37.2 Å². The summed E-state index contributed by atoms with van der Waals surface area (Å²) in [5.74, 6) is 2.79. The molecule has 2 aliphatic rings. The number of piperidine rings is 1. The molecule has 4 heteroatoms. The summed E-state index contributed by atoms with van der Waals surface area (Å²) in [6.45, 7) is 7.65. The molecule has 3 rings (SSSR count). The quantitative estimate of drug-likeness (QED) is 0.890. The molecular weight excluding hydrogens is 314 g/mol. The SMILES string of the molecule is CC(C)CNCc1cc(Br)cnc1N1CC2CCC1C2. The van der Waals surface area contributed by atoms with Gasteiger partial charge in [0.25, 0.3) is 0 Å². The second-order valence-corrected chi connectivity index (χ2v) is 7.56. The standard InChI is InChI=1S/C16H24BrN3/c1-11(2)7-18-8-13-6-14(17)9-19-16(13)20-10-12-3-4-15(20)5-12/h6,9,11-12,15,18H,3-5,7-8,10H2,1-2H3. The Morgan fingerprint density at radius 2 is 2.30 bits per heavy atom. The van der Waals surface area contributed by atoms with Crippen molar-refractivity contribution in [2.75, 3.05) is 18.0 Å². The van der Waals surface area contributed by atoms with Gasteiger partial charge in [-0.05, 0) is 59.6 Å². The normalized spacial score (nSPS) is 24.9. The summed E-state index contributed by atoms with van der Waals surface area (Å²) in [5, 5.41) is 3.55. The van der Waals surface area contributed by atoms with Crippen LogP contribution in [0.4, 0.5) is 5.82 Å². The van der Waals surface area contributed by atoms with E-state index < -0.39 is 0 Å². The first-order valence-corrected chi connectivity index (χ1v) is 8.54. The first-order valence-electron chi connectivity index (χ1n) is 7.75. The van der Waals surface area contributed by atoms with E-state index in [9.17, 15) is 0 Å². The molecule has 1 aromatic rings. The molecule has 1 aliphatic heterocycles. The molecule has 1 saturated heterocycles. The minimum Gasteiger partial charge on any atom is -0.353 e. The molecule has 3 nitrogen and oxygen atoms in total. The molecule has 2 atom stereocenters. The molecule has 1 aliphatic carbocycles. The fraction of sp³-hybridized carbons (Fsp3) is 0.688. The van der Waals surface area contributed by atoms with Crippen LogP contribution in [0.15, 0.2) is 16.7 Å². The van der Waals surface area contributed by atoms with Gasteiger partial charge in [-0.2, -0.15) is 0 Å². The van der Waals surface area contributed by atoms with E-state index >= 15 is 0 Å². The molecule has 0 aromatic carbocycles. The lowest BCUT2D eigenvalue weighted by Gasteiger charge is -2.30. The van der Waals surface area contributed by atoms with Crippen LogP contribution in [0.2, 0.25) is 0 Å². The number of halogens is 1. The first kappa shape index (κ1) is 14.3. The summed E-state index contributed by atoms with van der Waals surface area (Å²) >= 11 is 3.56. The lowest BCUT2D eigenvalue weighted by Crippen LogP contribution is -2.34. The van der Waals surface area contributed by atoms with Crippen LogP contribution in [0.5, 0.6) is 0 Å². The van der Waals surface area contributed by atoms with E-state index in [-0.39, 0.29) is 0 Å². The monoisotopic (exact) mass is 337 g/mol. The zero-order chi connectivity index (χ0) is 14.1. The minimum absolute atomic E-state index is 0.682. The van der Waals surface area contributed by atoms with Gasteiger partial charge in [-0.25, -0.2) is 4.98 Å². The zero-order valence-electron chi connectivity index (χ0n) is 12.4. The molecule has 2 bridgehead atoms. The lowest BCUT2D eigenvalue weighted by molar-refractivity contribution is 0.538. The average molecular weight is 338 g/mol. The number of pyridine rings is 1. The molecule has 1 saturated carbocycles. The number of hydrogen-bond acceptors (Lipinski definition) is 3. The van der Waals surface area contributed by atoms with Crippen LogP contribution in [-0.2, 0) is 6.54 Å². The maximum atomic E-state index is 4.72. The summed E-state index contributed by atoms with van der Waals surface area (Å²) in [6, 6.07) is 2.96. The van der Waals surface area contributed by atoms with Crippen LogP contribution in [0.25, 0.3) is 0 Å². The summed E-state index contributed by atoms with van der Waals surface area (Å²) in [5.41, 5.74) is 1.33. The predicted octanol–water partition coefficient (Wildman–Crippen LogP) is 3.58. The Bertz CT molecular complexity index is 475. The topological polar surface area (TPSA) is 28.2 Å². The molecule has 0 amide bonds. The highest BCUT2D eigenvalue weighted by Gasteiger charge is 2.39. The van der Waals surface area contributed by atoms with E-state index in [1.54, 1.807) is 0 Å². The molecule has 110 valence electrons. The van der Waals surface area contributed by atoms with Crippen LogP contribution in [-0.4, -0.2) is 24.1 Å². The van der Waals surface area contributed by atoms with E-state index in [2.05, 4.69) is 46.1 Å². The third-order valence-electron chi connectivity index (χ3n) is 4.46. The van der Waals surface area contributed by atoms with Gasteiger partial charge in [-0.15, -0.1) is 0 Å². The fourth-order valence-electron chi connectivity index (χ4n) is 3.54. The summed E-state index contributed by atoms with van der Waals surface area (Å²) < 4.78 is 1.08. The van der Waals surface area contributed by atoms with Crippen molar-refractivity contribution in [3.05, 3.63) is 22.3 Å². The van der Waals surface area contributed by atoms with Crippen molar-refractivity contribution in [2.45, 2.75) is 45.7 Å². The molecular formula is C16H24BrN3. The summed E-state index contributed by atoms with van der Waals surface area (Å²) in [4.78, 5) is 7.26. The maximum Gasteiger partial charge on any atom is 0.133 e. The lowest BCUT2D eigenvalue weighted by atomic mass is 10.1. The molecule has 0 radical (unpaired) electrons. The van der Waals surface area contributed by atoms with Crippen molar-refractivity contribution in [3.63, 3.8) is 0 Å². The number of fused-ring (bicyclic) bond motifs is 2. The van der Waals surface area contributed by atoms with Crippen LogP contribution in [0.1, 0.15) is 38.7 Å². The van der Waals surface area contributed by atoms with Crippen molar-refractivity contribution in [2.24, 2.45) is 11.8 Å². The van der Waals surface area contributed by atoms with E-state index in [0.29, 0.717) is 5.92 Å². The second kappa shape index (κ2) is 6.02. The molecule has 1 aromatic heterocycles. The highest BCUT2D eigenvalue weighted by atomic mass is 79.9. The summed E-state index contributed by atoms with van der Waals surface area (Å²) in [6.07, 6.45) is 6.07. The number of anilines is 1. The Balaban J connectivity index is 1.76. The second-order valence-electron chi connectivity index (χ2n) is 6.65. The maximum absolute atomic E-state index is 4.72. The highest BCUT2D eigenvalue weighted by molar-refractivity contribution is 9.10. The minimum atomic E-state index is 0.682. The number of nitrogens with zero attached hydrogens (tertiary/aromatic N) is 2. The van der Waals surface area contributed by atoms with Crippen LogP contribution >= 0.6 is 15.9 Å². The van der Waals surface area contributed by atoms with Gasteiger partial charge in [0, 0.05) is 35.4 Å². The van der Waals surface area contributed by atoms with Gasteiger partial charge in [0.2, 0.25) is 0 Å². The van der Waals surface area contributed by atoms with E-state index in [1.807, 2.05) is 6.20 Å². The smallest absolute Gasteiger partial charge is 0.133 e. The Kier molecular flexibility index (Phi) is 4.32. The van der Waals surface area contributed by atoms with Gasteiger partial charge in [-0.3, -0.25) is 0 Å². The van der Waals surface area contributed by atoms with Crippen molar-refractivity contribution in [3.8, 4) is 0 Å². The molecule has 2 fully saturated rings. The van der Waals surface area contributed by atoms with Crippen molar-refractivity contribution in [1.82, 2.24) is 10.3 Å². The van der Waals surface area contributed by atoms with E-state index in [4.69, 9.17) is 4.98 Å². The Morgan fingerprint density at radius 1 is 1.45 bits per heavy atom. The van der Waals surface area contributed by atoms with Gasteiger partial charge >= 0.3 is 0 Å². The van der Waals surface area contributed by atoms with Gasteiger partial charge < -0.3 is 10.2 Å². The summed E-state index contributed by atoms with van der Waals surface area (Å²) in [7, 11) is 0. The molecule has 2 unspecified atom stereocenters. The van der Waals surface area contributed by atoms with Gasteiger partial charge in [0.15, 0.2) is 0 Å². The Hall–Kier alpha value is -0.610. The van der Waals surface area contributed by atoms with Crippen molar-refractivity contribution in [1.29, 1.82) is 0 Å². The largest absolute Gasteiger partial charge is 0.353 e. The van der Waals surface area contributed by atoms with Gasteiger partial charge in [0.05, 0.1) is 0 Å². The average Bonchev–Trinajstić information content (AvgIpc) is 3.01. The van der Waals surface area contributed by atoms with Crippen LogP contribution < -0.4 is 10.2 Å². The number of aromatic nitrogens is 1. The fourth-order valence-corrected chi connectivity index (χ4v) is 3.92. The number of rotatable bonds is 5. The number of nitrogens with one attached hydrogen (secondary N) is 1. The zero-order valence-corrected chi connectivity index (χ0v) is 14.0. The number of hydrogen-bond donors (Lipinski definition) is 1. The Labute approximate surface area is 130 Å². The predicted molar refractivity (Wildman–Crippen MR) is 87.0 cm³/mol. The van der Waals surface area contributed by atoms with Crippen LogP contribution in [0, 0.1) is 11.8 Å². The molecule has 0 spiro atoms. The molecule has 2 heterocycles.